The van der Waals surface area contributed by atoms with Gasteiger partial charge in [-0.3, -0.25) is 0 Å². The summed E-state index contributed by atoms with van der Waals surface area (Å²) in [6.07, 6.45) is 2.79. The van der Waals surface area contributed by atoms with Crippen LogP contribution in [0.3, 0.4) is 0 Å². The second kappa shape index (κ2) is 12.0. The summed E-state index contributed by atoms with van der Waals surface area (Å²) in [5.74, 6) is 1.31. The van der Waals surface area contributed by atoms with E-state index in [0.717, 1.165) is 24.0 Å². The van der Waals surface area contributed by atoms with Crippen molar-refractivity contribution >= 4 is 37.6 Å². The number of aromatic nitrogens is 2. The van der Waals surface area contributed by atoms with Crippen LogP contribution in [0.1, 0.15) is 56.7 Å². The van der Waals surface area contributed by atoms with Crippen LogP contribution in [0.25, 0.3) is 0 Å². The fraction of sp³-hybridized carbons (Fsp3) is 0.607. The van der Waals surface area contributed by atoms with E-state index < -0.39 is 20.6 Å². The number of pyridine rings is 2. The Hall–Kier alpha value is -2.12. The zero-order valence-corrected chi connectivity index (χ0v) is 26.3. The van der Waals surface area contributed by atoms with Crippen LogP contribution in [0.15, 0.2) is 18.3 Å². The van der Waals surface area contributed by atoms with Crippen LogP contribution in [0, 0.1) is 0 Å². The van der Waals surface area contributed by atoms with E-state index >= 15 is 0 Å². The Balaban J connectivity index is 1.83. The number of nitrogens with two attached hydrogens (primary N) is 1. The summed E-state index contributed by atoms with van der Waals surface area (Å²) in [6, 6.07) is 3.15. The third kappa shape index (κ3) is 5.92. The standard InChI is InChI=1S/C28H41ClN4O6Si/c1-28(2,3)40(6,7)38-16-19-13-18-9-8-11-33(27(30)34,25(18)32-24(19)26(35-4)36-5)23-14-22(21(29)15-31-23)39-20-10-12-37-17-20/h13-15,20,26H,8-12,16-17H2,1-7H3,(H-,30,34)/p+1/t20?,33-/m0/s1. The van der Waals surface area contributed by atoms with E-state index in [1.54, 1.807) is 20.3 Å². The van der Waals surface area contributed by atoms with Gasteiger partial charge in [0.1, 0.15) is 29.1 Å². The highest BCUT2D eigenvalue weighted by molar-refractivity contribution is 6.74. The molecule has 1 unspecified atom stereocenters. The summed E-state index contributed by atoms with van der Waals surface area (Å²) in [4.78, 5) is 23.0. The predicted octanol–water partition coefficient (Wildman–Crippen LogP) is 5.77. The molecule has 0 aliphatic carbocycles. The quantitative estimate of drug-likeness (QED) is 0.221. The first kappa shape index (κ1) is 30.8. The van der Waals surface area contributed by atoms with Crippen LogP contribution in [-0.4, -0.2) is 64.4 Å². The van der Waals surface area contributed by atoms with Gasteiger partial charge in [-0.15, -0.1) is 4.48 Å². The first-order chi connectivity index (χ1) is 18.8. The Kier molecular flexibility index (Phi) is 9.25. The zero-order chi connectivity index (χ0) is 29.3. The number of carbonyl (C=O) groups excluding carboxylic acids is 1. The highest BCUT2D eigenvalue weighted by atomic mass is 35.5. The van der Waals surface area contributed by atoms with Crippen LogP contribution in [0.4, 0.5) is 16.4 Å². The van der Waals surface area contributed by atoms with Crippen LogP contribution in [0.5, 0.6) is 5.75 Å². The molecule has 2 aromatic heterocycles. The molecule has 12 heteroatoms. The van der Waals surface area contributed by atoms with E-state index in [1.807, 2.05) is 6.07 Å². The van der Waals surface area contributed by atoms with E-state index in [0.29, 0.717) is 60.9 Å². The second-order valence-electron chi connectivity index (χ2n) is 11.9. The maximum atomic E-state index is 13.4. The fourth-order valence-corrected chi connectivity index (χ4v) is 5.99. The predicted molar refractivity (Wildman–Crippen MR) is 156 cm³/mol. The van der Waals surface area contributed by atoms with E-state index in [2.05, 4.69) is 38.8 Å². The van der Waals surface area contributed by atoms with Gasteiger partial charge in [-0.2, -0.15) is 4.98 Å². The zero-order valence-electron chi connectivity index (χ0n) is 24.6. The summed E-state index contributed by atoms with van der Waals surface area (Å²) in [7, 11) is 1.05. The maximum Gasteiger partial charge on any atom is 0.426 e. The lowest BCUT2D eigenvalue weighted by molar-refractivity contribution is -0.109. The van der Waals surface area contributed by atoms with Crippen molar-refractivity contribution in [3.8, 4) is 5.75 Å². The van der Waals surface area contributed by atoms with E-state index in [4.69, 9.17) is 45.7 Å². The number of ether oxygens (including phenoxy) is 4. The molecule has 2 aromatic rings. The van der Waals surface area contributed by atoms with Gasteiger partial charge < -0.3 is 29.1 Å². The number of urea groups is 1. The van der Waals surface area contributed by atoms with Crippen LogP contribution in [-0.2, 0) is 31.7 Å². The molecule has 2 aliphatic rings. The summed E-state index contributed by atoms with van der Waals surface area (Å²) in [5.41, 5.74) is 8.47. The maximum absolute atomic E-state index is 13.4. The number of primary amides is 1. The second-order valence-corrected chi connectivity index (χ2v) is 17.1. The van der Waals surface area contributed by atoms with Gasteiger partial charge in [0.15, 0.2) is 8.32 Å². The summed E-state index contributed by atoms with van der Waals surface area (Å²) in [5, 5.41) is 0.389. The topological polar surface area (TPSA) is 115 Å². The molecule has 4 rings (SSSR count). The molecule has 4 heterocycles. The molecule has 1 fully saturated rings. The molecule has 1 saturated heterocycles. The van der Waals surface area contributed by atoms with Crippen molar-refractivity contribution in [2.24, 2.45) is 5.73 Å². The lowest BCUT2D eigenvalue weighted by Gasteiger charge is -2.37. The number of aryl methyl sites for hydroxylation is 1. The lowest BCUT2D eigenvalue weighted by Crippen LogP contribution is -2.56. The molecule has 2 N–H and O–H groups in total. The molecular formula is C28H42ClN4O6Si+. The van der Waals surface area contributed by atoms with Crippen molar-refractivity contribution in [3.05, 3.63) is 40.2 Å². The molecule has 10 nitrogen and oxygen atoms in total. The van der Waals surface area contributed by atoms with Gasteiger partial charge in [0.05, 0.1) is 32.1 Å². The first-order valence-electron chi connectivity index (χ1n) is 13.7. The van der Waals surface area contributed by atoms with Gasteiger partial charge >= 0.3 is 6.03 Å². The van der Waals surface area contributed by atoms with Crippen LogP contribution < -0.4 is 15.0 Å². The van der Waals surface area contributed by atoms with Crippen molar-refractivity contribution in [1.82, 2.24) is 14.5 Å². The molecule has 0 saturated carbocycles. The average Bonchev–Trinajstić information content (AvgIpc) is 3.41. The van der Waals surface area contributed by atoms with Gasteiger partial charge in [-0.25, -0.2) is 9.78 Å². The summed E-state index contributed by atoms with van der Waals surface area (Å²) >= 11 is 6.46. The molecular weight excluding hydrogens is 552 g/mol. The summed E-state index contributed by atoms with van der Waals surface area (Å²) in [6.45, 7) is 12.9. The highest BCUT2D eigenvalue weighted by Crippen LogP contribution is 2.44. The number of fused-ring (bicyclic) bond motifs is 1. The number of halogens is 1. The molecule has 0 radical (unpaired) electrons. The van der Waals surface area contributed by atoms with Crippen molar-refractivity contribution in [2.45, 2.75) is 77.2 Å². The Bertz CT molecular complexity index is 1230. The number of amides is 2. The van der Waals surface area contributed by atoms with E-state index in [9.17, 15) is 4.79 Å². The number of carbonyl (C=O) groups is 1. The molecule has 2 amide bonds. The molecule has 0 aromatic carbocycles. The minimum absolute atomic E-state index is 0.0411. The van der Waals surface area contributed by atoms with Crippen molar-refractivity contribution in [3.63, 3.8) is 0 Å². The van der Waals surface area contributed by atoms with E-state index in [1.165, 1.54) is 6.20 Å². The van der Waals surface area contributed by atoms with Gasteiger partial charge in [0, 0.05) is 38.2 Å². The first-order valence-corrected chi connectivity index (χ1v) is 16.9. The third-order valence-electron chi connectivity index (χ3n) is 8.29. The van der Waals surface area contributed by atoms with E-state index in [-0.39, 0.29) is 15.6 Å². The molecule has 0 spiro atoms. The SMILES string of the molecule is COC(OC)c1nc2c(cc1CO[Si](C)(C)C(C)(C)C)CCC[N@+]2(C(N)=O)c1cc(OC2CCOC2)c(Cl)cn1. The van der Waals surface area contributed by atoms with Crippen molar-refractivity contribution in [1.29, 1.82) is 0 Å². The molecule has 2 atom stereocenters. The number of hydrogen-bond donors (Lipinski definition) is 1. The van der Waals surface area contributed by atoms with Gasteiger partial charge in [-0.1, -0.05) is 32.4 Å². The number of hydrogen-bond acceptors (Lipinski definition) is 8. The van der Waals surface area contributed by atoms with Gasteiger partial charge in [0.2, 0.25) is 17.9 Å². The molecule has 40 heavy (non-hydrogen) atoms. The largest absolute Gasteiger partial charge is 0.486 e. The van der Waals surface area contributed by atoms with Gasteiger partial charge in [0.25, 0.3) is 0 Å². The number of rotatable bonds is 9. The highest BCUT2D eigenvalue weighted by Gasteiger charge is 2.48. The number of nitrogens with zero attached hydrogens (tertiary/aromatic N) is 3. The Labute approximate surface area is 242 Å². The summed E-state index contributed by atoms with van der Waals surface area (Å²) < 4.78 is 29.0. The average molecular weight is 594 g/mol. The van der Waals surface area contributed by atoms with Crippen LogP contribution >= 0.6 is 11.6 Å². The monoisotopic (exact) mass is 593 g/mol. The number of quaternary nitrogens is 1. The Morgan fingerprint density at radius 3 is 2.60 bits per heavy atom. The van der Waals surface area contributed by atoms with Crippen LogP contribution in [0.2, 0.25) is 23.2 Å². The third-order valence-corrected chi connectivity index (χ3v) is 13.1. The van der Waals surface area contributed by atoms with Crippen molar-refractivity contribution < 1.29 is 28.2 Å². The minimum Gasteiger partial charge on any atom is -0.486 e. The normalized spacial score (nSPS) is 21.5. The Morgan fingerprint density at radius 2 is 2.00 bits per heavy atom. The van der Waals surface area contributed by atoms with Crippen molar-refractivity contribution in [2.75, 3.05) is 34.0 Å². The van der Waals surface area contributed by atoms with Gasteiger partial charge in [-0.05, 0) is 30.6 Å². The Morgan fingerprint density at radius 1 is 1.27 bits per heavy atom. The number of methoxy groups -OCH3 is 2. The molecule has 0 bridgehead atoms. The lowest BCUT2D eigenvalue weighted by atomic mass is 9.99. The molecule has 2 aliphatic heterocycles. The fourth-order valence-electron chi connectivity index (χ4n) is 4.89. The molecule has 220 valence electrons. The minimum atomic E-state index is -2.06. The smallest absolute Gasteiger partial charge is 0.426 e.